The van der Waals surface area contributed by atoms with E-state index in [0.29, 0.717) is 12.1 Å². The van der Waals surface area contributed by atoms with E-state index in [9.17, 15) is 27.3 Å². The first-order valence-electron chi connectivity index (χ1n) is 5.52. The van der Waals surface area contributed by atoms with Crippen molar-refractivity contribution in [2.45, 2.75) is 4.90 Å². The van der Waals surface area contributed by atoms with Crippen LogP contribution in [0.4, 0.5) is 20.2 Å². The van der Waals surface area contributed by atoms with Gasteiger partial charge in [-0.1, -0.05) is 0 Å². The number of rotatable bonds is 4. The van der Waals surface area contributed by atoms with Crippen LogP contribution >= 0.6 is 0 Å². The Balaban J connectivity index is 2.41. The van der Waals surface area contributed by atoms with Gasteiger partial charge in [0.1, 0.15) is 16.5 Å². The van der Waals surface area contributed by atoms with Gasteiger partial charge >= 0.3 is 0 Å². The van der Waals surface area contributed by atoms with Gasteiger partial charge in [-0.2, -0.15) is 0 Å². The van der Waals surface area contributed by atoms with E-state index < -0.39 is 37.2 Å². The summed E-state index contributed by atoms with van der Waals surface area (Å²) in [6.07, 6.45) is 0. The van der Waals surface area contributed by atoms with E-state index in [2.05, 4.69) is 0 Å². The van der Waals surface area contributed by atoms with E-state index in [4.69, 9.17) is 0 Å². The van der Waals surface area contributed by atoms with E-state index in [1.165, 1.54) is 0 Å². The van der Waals surface area contributed by atoms with E-state index in [-0.39, 0.29) is 5.69 Å². The molecule has 0 amide bonds. The average molecular weight is 314 g/mol. The molecule has 0 aliphatic rings. The maximum absolute atomic E-state index is 13.6. The number of hydrogen-bond acceptors (Lipinski definition) is 4. The van der Waals surface area contributed by atoms with Crippen molar-refractivity contribution in [1.29, 1.82) is 0 Å². The molecule has 0 aliphatic heterocycles. The minimum Gasteiger partial charge on any atom is -0.280 e. The summed E-state index contributed by atoms with van der Waals surface area (Å²) in [4.78, 5) is 8.92. The molecule has 0 saturated heterocycles. The molecular weight excluding hydrogens is 306 g/mol. The Morgan fingerprint density at radius 2 is 1.67 bits per heavy atom. The number of sulfonamides is 1. The summed E-state index contributed by atoms with van der Waals surface area (Å²) in [5, 5.41) is 10.6. The molecular formula is C12H8F2N2O4S. The maximum atomic E-state index is 13.6. The van der Waals surface area contributed by atoms with Crippen LogP contribution < -0.4 is 4.72 Å². The minimum absolute atomic E-state index is 0.00214. The number of nitrogens with one attached hydrogen (secondary N) is 1. The third kappa shape index (κ3) is 3.31. The minimum atomic E-state index is -4.36. The molecule has 0 unspecified atom stereocenters. The van der Waals surface area contributed by atoms with Gasteiger partial charge in [-0.15, -0.1) is 0 Å². The molecule has 6 nitrogen and oxygen atoms in total. The average Bonchev–Trinajstić information content (AvgIpc) is 2.41. The third-order valence-corrected chi connectivity index (χ3v) is 3.91. The summed E-state index contributed by atoms with van der Waals surface area (Å²) < 4.78 is 52.4. The Morgan fingerprint density at radius 1 is 1.05 bits per heavy atom. The predicted molar refractivity (Wildman–Crippen MR) is 70.3 cm³/mol. The number of halogens is 2. The Kier molecular flexibility index (Phi) is 3.85. The highest BCUT2D eigenvalue weighted by Crippen LogP contribution is 2.23. The Hall–Kier alpha value is -2.55. The number of anilines is 1. The van der Waals surface area contributed by atoms with E-state index in [1.807, 2.05) is 4.72 Å². The summed E-state index contributed by atoms with van der Waals surface area (Å²) in [7, 11) is -4.36. The molecule has 110 valence electrons. The van der Waals surface area contributed by atoms with Crippen LogP contribution in [0.15, 0.2) is 47.4 Å². The van der Waals surface area contributed by atoms with Crippen LogP contribution in [0.5, 0.6) is 0 Å². The van der Waals surface area contributed by atoms with E-state index in [0.717, 1.165) is 30.3 Å². The molecule has 0 fully saturated rings. The largest absolute Gasteiger partial charge is 0.280 e. The highest BCUT2D eigenvalue weighted by Gasteiger charge is 2.22. The molecule has 0 spiro atoms. The number of nitro groups is 1. The zero-order valence-corrected chi connectivity index (χ0v) is 11.1. The first-order valence-corrected chi connectivity index (χ1v) is 7.00. The zero-order chi connectivity index (χ0) is 15.6. The van der Waals surface area contributed by atoms with Crippen LogP contribution in [-0.2, 0) is 10.0 Å². The Labute approximate surface area is 118 Å². The first-order chi connectivity index (χ1) is 9.79. The molecule has 0 aromatic heterocycles. The lowest BCUT2D eigenvalue weighted by atomic mass is 10.3. The topological polar surface area (TPSA) is 89.3 Å². The summed E-state index contributed by atoms with van der Waals surface area (Å²) >= 11 is 0. The number of nitrogens with zero attached hydrogens (tertiary/aromatic N) is 1. The molecule has 21 heavy (non-hydrogen) atoms. The normalized spacial score (nSPS) is 11.1. The second-order valence-electron chi connectivity index (χ2n) is 3.98. The van der Waals surface area contributed by atoms with Crippen molar-refractivity contribution in [3.05, 3.63) is 64.2 Å². The molecule has 0 atom stereocenters. The SMILES string of the molecule is O=[N+]([O-])c1ccc(F)c(S(=O)(=O)Nc2ccc(F)cc2)c1. The molecule has 0 saturated carbocycles. The molecule has 0 bridgehead atoms. The summed E-state index contributed by atoms with van der Waals surface area (Å²) in [6, 6.07) is 6.47. The lowest BCUT2D eigenvalue weighted by molar-refractivity contribution is -0.385. The summed E-state index contributed by atoms with van der Waals surface area (Å²) in [5.74, 6) is -1.70. The van der Waals surface area contributed by atoms with Gasteiger partial charge in [0.15, 0.2) is 0 Å². The number of hydrogen-bond donors (Lipinski definition) is 1. The highest BCUT2D eigenvalue weighted by atomic mass is 32.2. The first kappa shape index (κ1) is 14.9. The Morgan fingerprint density at radius 3 is 2.24 bits per heavy atom. The number of non-ortho nitro benzene ring substituents is 1. The smallest absolute Gasteiger partial charge is 0.271 e. The van der Waals surface area contributed by atoms with Gasteiger partial charge in [0.05, 0.1) is 4.92 Å². The molecule has 2 aromatic carbocycles. The highest BCUT2D eigenvalue weighted by molar-refractivity contribution is 7.92. The fourth-order valence-corrected chi connectivity index (χ4v) is 2.70. The fourth-order valence-electron chi connectivity index (χ4n) is 1.54. The van der Waals surface area contributed by atoms with Crippen molar-refractivity contribution in [3.8, 4) is 0 Å². The van der Waals surface area contributed by atoms with Crippen LogP contribution in [0.1, 0.15) is 0 Å². The molecule has 0 radical (unpaired) electrons. The summed E-state index contributed by atoms with van der Waals surface area (Å²) in [6.45, 7) is 0. The zero-order valence-electron chi connectivity index (χ0n) is 10.3. The van der Waals surface area contributed by atoms with Crippen molar-refractivity contribution in [2.24, 2.45) is 0 Å². The van der Waals surface area contributed by atoms with Crippen LogP contribution in [0, 0.1) is 21.7 Å². The van der Waals surface area contributed by atoms with Gasteiger partial charge in [0.2, 0.25) is 0 Å². The lowest BCUT2D eigenvalue weighted by Crippen LogP contribution is -2.15. The molecule has 9 heteroatoms. The standard InChI is InChI=1S/C12H8F2N2O4S/c13-8-1-3-9(4-2-8)15-21(19,20)12-7-10(16(17)18)5-6-11(12)14/h1-7,15H. The van der Waals surface area contributed by atoms with Gasteiger partial charge in [0.25, 0.3) is 15.7 Å². The van der Waals surface area contributed by atoms with Crippen molar-refractivity contribution in [3.63, 3.8) is 0 Å². The van der Waals surface area contributed by atoms with Crippen LogP contribution in [-0.4, -0.2) is 13.3 Å². The quantitative estimate of drug-likeness (QED) is 0.694. The van der Waals surface area contributed by atoms with Crippen LogP contribution in [0.2, 0.25) is 0 Å². The molecule has 2 aromatic rings. The van der Waals surface area contributed by atoms with Crippen molar-refractivity contribution in [1.82, 2.24) is 0 Å². The molecule has 1 N–H and O–H groups in total. The van der Waals surface area contributed by atoms with Crippen LogP contribution in [0.3, 0.4) is 0 Å². The second kappa shape index (κ2) is 5.44. The predicted octanol–water partition coefficient (Wildman–Crippen LogP) is 2.67. The van der Waals surface area contributed by atoms with Crippen molar-refractivity contribution in [2.75, 3.05) is 4.72 Å². The van der Waals surface area contributed by atoms with Crippen molar-refractivity contribution < 1.29 is 22.1 Å². The fraction of sp³-hybridized carbons (Fsp3) is 0. The number of benzene rings is 2. The molecule has 0 heterocycles. The van der Waals surface area contributed by atoms with Crippen molar-refractivity contribution >= 4 is 21.4 Å². The maximum Gasteiger partial charge on any atom is 0.271 e. The van der Waals surface area contributed by atoms with E-state index >= 15 is 0 Å². The lowest BCUT2D eigenvalue weighted by Gasteiger charge is -2.08. The van der Waals surface area contributed by atoms with Crippen LogP contribution in [0.25, 0.3) is 0 Å². The van der Waals surface area contributed by atoms with Gasteiger partial charge in [0, 0.05) is 17.8 Å². The van der Waals surface area contributed by atoms with E-state index in [1.54, 1.807) is 0 Å². The monoisotopic (exact) mass is 314 g/mol. The summed E-state index contributed by atoms with van der Waals surface area (Å²) in [5.41, 5.74) is -0.557. The number of nitro benzene ring substituents is 1. The van der Waals surface area contributed by atoms with Gasteiger partial charge in [-0.25, -0.2) is 17.2 Å². The second-order valence-corrected chi connectivity index (χ2v) is 5.64. The van der Waals surface area contributed by atoms with Gasteiger partial charge in [-0.3, -0.25) is 14.8 Å². The Bertz CT molecular complexity index is 791. The van der Waals surface area contributed by atoms with Gasteiger partial charge in [-0.05, 0) is 30.3 Å². The van der Waals surface area contributed by atoms with Gasteiger partial charge < -0.3 is 0 Å². The molecule has 2 rings (SSSR count). The molecule has 0 aliphatic carbocycles. The third-order valence-electron chi connectivity index (χ3n) is 2.51.